The van der Waals surface area contributed by atoms with Crippen LogP contribution in [0.2, 0.25) is 0 Å². The number of rotatable bonds is 4. The molecule has 96 valence electrons. The van der Waals surface area contributed by atoms with Gasteiger partial charge in [0.2, 0.25) is 0 Å². The third kappa shape index (κ3) is 3.33. The minimum atomic E-state index is -0.485. The molecule has 0 saturated heterocycles. The Bertz CT molecular complexity index is 518. The summed E-state index contributed by atoms with van der Waals surface area (Å²) in [5.41, 5.74) is 6.72. The van der Waals surface area contributed by atoms with Crippen LogP contribution >= 0.6 is 0 Å². The normalized spacial score (nSPS) is 14.4. The van der Waals surface area contributed by atoms with Crippen molar-refractivity contribution in [3.05, 3.63) is 41.5 Å². The van der Waals surface area contributed by atoms with Gasteiger partial charge in [0, 0.05) is 12.0 Å². The van der Waals surface area contributed by atoms with Crippen molar-refractivity contribution >= 4 is 0 Å². The number of aromatic nitrogens is 4. The van der Waals surface area contributed by atoms with Crippen LogP contribution in [-0.4, -0.2) is 25.7 Å². The maximum absolute atomic E-state index is 12.8. The van der Waals surface area contributed by atoms with Gasteiger partial charge in [0.05, 0.1) is 7.05 Å². The average Bonchev–Trinajstić information content (AvgIpc) is 2.66. The molecule has 2 rings (SSSR count). The van der Waals surface area contributed by atoms with Crippen molar-refractivity contribution in [1.82, 2.24) is 20.2 Å². The zero-order chi connectivity index (χ0) is 13.2. The smallest absolute Gasteiger partial charge is 0.176 e. The highest BCUT2D eigenvalue weighted by Crippen LogP contribution is 2.14. The summed E-state index contributed by atoms with van der Waals surface area (Å²) in [6.45, 7) is 1.92. The number of halogens is 1. The first-order valence-corrected chi connectivity index (χ1v) is 5.71. The zero-order valence-corrected chi connectivity index (χ0v) is 10.5. The molecule has 6 heteroatoms. The first-order chi connectivity index (χ1) is 8.44. The standard InChI is InChI=1S/C12H16FN5/c1-12(14,8-11-15-17-18(2)16-11)7-9-3-5-10(13)6-4-9/h3-6H,7-8,14H2,1-2H3. The van der Waals surface area contributed by atoms with Crippen molar-refractivity contribution in [2.75, 3.05) is 0 Å². The molecule has 2 aromatic rings. The Hall–Kier alpha value is -1.82. The summed E-state index contributed by atoms with van der Waals surface area (Å²) in [4.78, 5) is 1.41. The molecule has 0 saturated carbocycles. The highest BCUT2D eigenvalue weighted by Gasteiger charge is 2.22. The van der Waals surface area contributed by atoms with E-state index in [1.165, 1.54) is 16.9 Å². The van der Waals surface area contributed by atoms with E-state index < -0.39 is 5.54 Å². The van der Waals surface area contributed by atoms with E-state index in [1.807, 2.05) is 6.92 Å². The number of nitrogens with zero attached hydrogens (tertiary/aromatic N) is 4. The Morgan fingerprint density at radius 1 is 1.28 bits per heavy atom. The van der Waals surface area contributed by atoms with Crippen LogP contribution < -0.4 is 5.73 Å². The maximum atomic E-state index is 12.8. The Kier molecular flexibility index (Phi) is 3.38. The van der Waals surface area contributed by atoms with Crippen LogP contribution in [0.15, 0.2) is 24.3 Å². The molecule has 1 heterocycles. The molecule has 0 fully saturated rings. The molecular formula is C12H16FN5. The number of hydrogen-bond acceptors (Lipinski definition) is 4. The molecule has 18 heavy (non-hydrogen) atoms. The van der Waals surface area contributed by atoms with Gasteiger partial charge in [-0.1, -0.05) is 12.1 Å². The van der Waals surface area contributed by atoms with Gasteiger partial charge in [0.15, 0.2) is 5.82 Å². The average molecular weight is 249 g/mol. The van der Waals surface area contributed by atoms with Gasteiger partial charge in [-0.15, -0.1) is 10.2 Å². The third-order valence-electron chi connectivity index (χ3n) is 2.63. The van der Waals surface area contributed by atoms with Crippen LogP contribution in [0.25, 0.3) is 0 Å². The molecule has 0 aliphatic rings. The quantitative estimate of drug-likeness (QED) is 0.872. The summed E-state index contributed by atoms with van der Waals surface area (Å²) in [5, 5.41) is 11.8. The molecule has 0 spiro atoms. The third-order valence-corrected chi connectivity index (χ3v) is 2.63. The molecule has 0 amide bonds. The topological polar surface area (TPSA) is 69.6 Å². The lowest BCUT2D eigenvalue weighted by atomic mass is 9.90. The van der Waals surface area contributed by atoms with E-state index in [-0.39, 0.29) is 5.82 Å². The van der Waals surface area contributed by atoms with Gasteiger partial charge in [-0.2, -0.15) is 4.80 Å². The summed E-state index contributed by atoms with van der Waals surface area (Å²) >= 11 is 0. The Labute approximate surface area is 105 Å². The lowest BCUT2D eigenvalue weighted by molar-refractivity contribution is 0.450. The number of benzene rings is 1. The van der Waals surface area contributed by atoms with Gasteiger partial charge in [0.25, 0.3) is 0 Å². The number of hydrogen-bond donors (Lipinski definition) is 1. The minimum absolute atomic E-state index is 0.243. The van der Waals surface area contributed by atoms with Crippen molar-refractivity contribution in [3.63, 3.8) is 0 Å². The molecule has 1 unspecified atom stereocenters. The van der Waals surface area contributed by atoms with Gasteiger partial charge in [-0.3, -0.25) is 0 Å². The fraction of sp³-hybridized carbons (Fsp3) is 0.417. The van der Waals surface area contributed by atoms with Gasteiger partial charge >= 0.3 is 0 Å². The van der Waals surface area contributed by atoms with Crippen molar-refractivity contribution in [3.8, 4) is 0 Å². The predicted octanol–water partition coefficient (Wildman–Crippen LogP) is 0.852. The Morgan fingerprint density at radius 2 is 1.94 bits per heavy atom. The molecule has 1 aromatic carbocycles. The lowest BCUT2D eigenvalue weighted by Crippen LogP contribution is -2.41. The molecule has 5 nitrogen and oxygen atoms in total. The van der Waals surface area contributed by atoms with Gasteiger partial charge in [-0.05, 0) is 36.3 Å². The monoisotopic (exact) mass is 249 g/mol. The molecule has 0 bridgehead atoms. The Balaban J connectivity index is 2.04. The summed E-state index contributed by atoms with van der Waals surface area (Å²) in [7, 11) is 1.71. The van der Waals surface area contributed by atoms with E-state index in [4.69, 9.17) is 5.73 Å². The summed E-state index contributed by atoms with van der Waals surface area (Å²) in [6.07, 6.45) is 1.16. The number of nitrogens with two attached hydrogens (primary N) is 1. The molecule has 0 radical (unpaired) electrons. The molecule has 1 atom stereocenters. The summed E-state index contributed by atoms with van der Waals surface area (Å²) < 4.78 is 12.8. The van der Waals surface area contributed by atoms with Crippen molar-refractivity contribution in [1.29, 1.82) is 0 Å². The number of aryl methyl sites for hydroxylation is 1. The molecule has 0 aliphatic heterocycles. The summed E-state index contributed by atoms with van der Waals surface area (Å²) in [6, 6.07) is 6.35. The zero-order valence-electron chi connectivity index (χ0n) is 10.5. The van der Waals surface area contributed by atoms with Gasteiger partial charge < -0.3 is 5.73 Å². The molecule has 0 aliphatic carbocycles. The summed E-state index contributed by atoms with van der Waals surface area (Å²) in [5.74, 6) is 0.373. The molecule has 1 aromatic heterocycles. The van der Waals surface area contributed by atoms with Crippen molar-refractivity contribution < 1.29 is 4.39 Å². The van der Waals surface area contributed by atoms with Gasteiger partial charge in [-0.25, -0.2) is 4.39 Å². The van der Waals surface area contributed by atoms with Crippen LogP contribution in [-0.2, 0) is 19.9 Å². The highest BCUT2D eigenvalue weighted by atomic mass is 19.1. The first-order valence-electron chi connectivity index (χ1n) is 5.71. The SMILES string of the molecule is Cn1nnc(CC(C)(N)Cc2ccc(F)cc2)n1. The van der Waals surface area contributed by atoms with E-state index in [1.54, 1.807) is 19.2 Å². The van der Waals surface area contributed by atoms with E-state index >= 15 is 0 Å². The molecular weight excluding hydrogens is 233 g/mol. The second-order valence-electron chi connectivity index (χ2n) is 4.83. The first kappa shape index (κ1) is 12.6. The fourth-order valence-corrected chi connectivity index (χ4v) is 1.89. The van der Waals surface area contributed by atoms with Crippen LogP contribution in [0, 0.1) is 5.82 Å². The van der Waals surface area contributed by atoms with E-state index in [9.17, 15) is 4.39 Å². The van der Waals surface area contributed by atoms with Crippen LogP contribution in [0.1, 0.15) is 18.3 Å². The Morgan fingerprint density at radius 3 is 2.50 bits per heavy atom. The highest BCUT2D eigenvalue weighted by molar-refractivity contribution is 5.19. The minimum Gasteiger partial charge on any atom is -0.325 e. The predicted molar refractivity (Wildman–Crippen MR) is 65.2 cm³/mol. The van der Waals surface area contributed by atoms with E-state index in [2.05, 4.69) is 15.4 Å². The van der Waals surface area contributed by atoms with Crippen molar-refractivity contribution in [2.45, 2.75) is 25.3 Å². The second-order valence-corrected chi connectivity index (χ2v) is 4.83. The van der Waals surface area contributed by atoms with Crippen LogP contribution in [0.4, 0.5) is 4.39 Å². The molecule has 2 N–H and O–H groups in total. The number of tetrazole rings is 1. The van der Waals surface area contributed by atoms with E-state index in [0.29, 0.717) is 18.7 Å². The fourth-order valence-electron chi connectivity index (χ4n) is 1.89. The van der Waals surface area contributed by atoms with Crippen LogP contribution in [0.3, 0.4) is 0 Å². The van der Waals surface area contributed by atoms with E-state index in [0.717, 1.165) is 5.56 Å². The maximum Gasteiger partial charge on any atom is 0.176 e. The van der Waals surface area contributed by atoms with Crippen LogP contribution in [0.5, 0.6) is 0 Å². The largest absolute Gasteiger partial charge is 0.325 e. The van der Waals surface area contributed by atoms with Crippen molar-refractivity contribution in [2.24, 2.45) is 12.8 Å². The second kappa shape index (κ2) is 4.81. The van der Waals surface area contributed by atoms with Gasteiger partial charge in [0.1, 0.15) is 5.82 Å². The lowest BCUT2D eigenvalue weighted by Gasteiger charge is -2.23.